The molecule has 4 aliphatic rings. The Kier molecular flexibility index (Phi) is 6.16. The molecule has 1 unspecified atom stereocenters. The van der Waals surface area contributed by atoms with E-state index in [0.29, 0.717) is 5.92 Å². The average molecular weight is 686 g/mol. The van der Waals surface area contributed by atoms with Crippen LogP contribution in [0.3, 0.4) is 0 Å². The van der Waals surface area contributed by atoms with E-state index in [-0.39, 0.29) is 5.41 Å². The molecule has 1 heteroatoms. The first kappa shape index (κ1) is 29.8. The zero-order valence-electron chi connectivity index (χ0n) is 29.7. The monoisotopic (exact) mass is 685 g/mol. The fourth-order valence-electron chi connectivity index (χ4n) is 10.5. The van der Waals surface area contributed by atoms with E-state index < -0.39 is 0 Å². The predicted molar refractivity (Wildman–Crippen MR) is 225 cm³/mol. The van der Waals surface area contributed by atoms with Gasteiger partial charge in [0.1, 0.15) is 0 Å². The van der Waals surface area contributed by atoms with Crippen molar-refractivity contribution in [3.8, 4) is 33.4 Å². The van der Waals surface area contributed by atoms with E-state index >= 15 is 0 Å². The number of benzene rings is 8. The molecule has 12 rings (SSSR count). The zero-order chi connectivity index (χ0) is 35.4. The van der Waals surface area contributed by atoms with Gasteiger partial charge in [0.15, 0.2) is 0 Å². The number of fused-ring (bicyclic) bond motifs is 6. The van der Waals surface area contributed by atoms with Crippen LogP contribution in [0.15, 0.2) is 200 Å². The second-order valence-electron chi connectivity index (χ2n) is 15.1. The lowest BCUT2D eigenvalue weighted by molar-refractivity contribution is 0.726. The molecule has 0 aliphatic heterocycles. The van der Waals surface area contributed by atoms with E-state index in [2.05, 4.69) is 199 Å². The smallest absolute Gasteiger partial charge is 0.0697 e. The number of hydrogen-bond acceptors (Lipinski definition) is 1. The molecule has 1 nitrogen and oxygen atoms in total. The zero-order valence-corrected chi connectivity index (χ0v) is 29.7. The van der Waals surface area contributed by atoms with Gasteiger partial charge in [0.2, 0.25) is 0 Å². The molecule has 0 saturated heterocycles. The van der Waals surface area contributed by atoms with Crippen LogP contribution in [0.5, 0.6) is 0 Å². The third-order valence-electron chi connectivity index (χ3n) is 12.6. The standard InChI is InChI=1S/C53H35N/c1-2-15-38(16-3-1)54(40-17-8-14-37(32-40)42-20-9-13-35-12-4-5-18-41(35)42)39-29-26-34(27-30-39)36-28-31-44-46-22-11-24-48-47-23-10-21-45-43-19-6-7-25-49(43)53(51(45)47,52(46)48)50(44)33-36/h1-22,24-33,47H,23H2/t47-,53?/m1/s1. The van der Waals surface area contributed by atoms with E-state index in [1.807, 2.05) is 0 Å². The maximum atomic E-state index is 2.52. The first-order chi connectivity index (χ1) is 26.8. The second-order valence-corrected chi connectivity index (χ2v) is 15.1. The first-order valence-corrected chi connectivity index (χ1v) is 19.1. The van der Waals surface area contributed by atoms with Crippen LogP contribution in [0.4, 0.5) is 17.1 Å². The maximum absolute atomic E-state index is 2.52. The van der Waals surface area contributed by atoms with Gasteiger partial charge in [-0.1, -0.05) is 152 Å². The van der Waals surface area contributed by atoms with Gasteiger partial charge in [0, 0.05) is 23.0 Å². The van der Waals surface area contributed by atoms with Gasteiger partial charge >= 0.3 is 0 Å². The lowest BCUT2D eigenvalue weighted by Crippen LogP contribution is -2.25. The van der Waals surface area contributed by atoms with Crippen molar-refractivity contribution in [2.75, 3.05) is 4.90 Å². The number of hydrogen-bond donors (Lipinski definition) is 0. The minimum atomic E-state index is -0.211. The lowest BCUT2D eigenvalue weighted by atomic mass is 9.71. The van der Waals surface area contributed by atoms with Crippen molar-refractivity contribution in [2.45, 2.75) is 17.8 Å². The second kappa shape index (κ2) is 11.2. The number of rotatable bonds is 5. The van der Waals surface area contributed by atoms with Crippen LogP contribution in [0.1, 0.15) is 40.2 Å². The topological polar surface area (TPSA) is 3.24 Å². The Morgan fingerprint density at radius 1 is 0.463 bits per heavy atom. The van der Waals surface area contributed by atoms with Crippen LogP contribution in [0, 0.1) is 0 Å². The summed E-state index contributed by atoms with van der Waals surface area (Å²) in [6, 6.07) is 67.6. The SMILES string of the molecule is C1=CC2=C3[C@H](C1)c1cccc4c1C3(c1ccccc12)c1cc(-c2ccc(N(c3ccccc3)c3cccc(-c5cccc6ccccc56)c3)cc2)ccc1-4. The summed E-state index contributed by atoms with van der Waals surface area (Å²) in [6.45, 7) is 0. The summed E-state index contributed by atoms with van der Waals surface area (Å²) in [5.74, 6) is 0.437. The molecule has 0 amide bonds. The van der Waals surface area contributed by atoms with Crippen LogP contribution < -0.4 is 4.90 Å². The van der Waals surface area contributed by atoms with Crippen LogP contribution in [0.25, 0.3) is 49.7 Å². The van der Waals surface area contributed by atoms with E-state index in [9.17, 15) is 0 Å². The first-order valence-electron chi connectivity index (χ1n) is 19.1. The van der Waals surface area contributed by atoms with E-state index in [4.69, 9.17) is 0 Å². The molecule has 0 radical (unpaired) electrons. The van der Waals surface area contributed by atoms with Gasteiger partial charge in [-0.05, 0) is 132 Å². The molecule has 8 aromatic rings. The molecule has 1 spiro atoms. The summed E-state index contributed by atoms with van der Waals surface area (Å²) < 4.78 is 0. The minimum Gasteiger partial charge on any atom is -0.310 e. The van der Waals surface area contributed by atoms with Gasteiger partial charge in [0.05, 0.1) is 5.41 Å². The Morgan fingerprint density at radius 3 is 2.09 bits per heavy atom. The fraction of sp³-hybridized carbons (Fsp3) is 0.0566. The third kappa shape index (κ3) is 3.94. The third-order valence-corrected chi connectivity index (χ3v) is 12.6. The summed E-state index contributed by atoms with van der Waals surface area (Å²) >= 11 is 0. The van der Waals surface area contributed by atoms with Crippen LogP contribution in [-0.4, -0.2) is 0 Å². The molecule has 0 bridgehead atoms. The molecule has 0 N–H and O–H groups in total. The number of nitrogens with zero attached hydrogens (tertiary/aromatic N) is 1. The van der Waals surface area contributed by atoms with Crippen molar-refractivity contribution in [3.63, 3.8) is 0 Å². The molecule has 0 fully saturated rings. The van der Waals surface area contributed by atoms with Crippen LogP contribution in [-0.2, 0) is 5.41 Å². The number of anilines is 3. The van der Waals surface area contributed by atoms with Gasteiger partial charge in [-0.2, -0.15) is 0 Å². The summed E-state index contributed by atoms with van der Waals surface area (Å²) in [4.78, 5) is 2.37. The van der Waals surface area contributed by atoms with Gasteiger partial charge < -0.3 is 4.90 Å². The Hall–Kier alpha value is -6.70. The van der Waals surface area contributed by atoms with Crippen molar-refractivity contribution < 1.29 is 0 Å². The maximum Gasteiger partial charge on any atom is 0.0697 e. The summed E-state index contributed by atoms with van der Waals surface area (Å²) in [6.07, 6.45) is 5.88. The van der Waals surface area contributed by atoms with Gasteiger partial charge in [0.25, 0.3) is 0 Å². The summed E-state index contributed by atoms with van der Waals surface area (Å²) in [7, 11) is 0. The van der Waals surface area contributed by atoms with Gasteiger partial charge in [-0.3, -0.25) is 0 Å². The average Bonchev–Trinajstić information content (AvgIpc) is 3.84. The van der Waals surface area contributed by atoms with Crippen molar-refractivity contribution in [1.29, 1.82) is 0 Å². The van der Waals surface area contributed by atoms with Crippen molar-refractivity contribution in [3.05, 3.63) is 228 Å². The van der Waals surface area contributed by atoms with E-state index in [1.165, 1.54) is 77.5 Å². The predicted octanol–water partition coefficient (Wildman–Crippen LogP) is 13.8. The molecule has 2 atom stereocenters. The summed E-state index contributed by atoms with van der Waals surface area (Å²) in [5.41, 5.74) is 21.3. The highest BCUT2D eigenvalue weighted by molar-refractivity contribution is 6.02. The van der Waals surface area contributed by atoms with Crippen molar-refractivity contribution in [2.24, 2.45) is 0 Å². The number of allylic oxidation sites excluding steroid dienone is 4. The van der Waals surface area contributed by atoms with E-state index in [1.54, 1.807) is 5.57 Å². The summed E-state index contributed by atoms with van der Waals surface area (Å²) in [5, 5.41) is 2.52. The molecule has 0 saturated carbocycles. The highest BCUT2D eigenvalue weighted by Gasteiger charge is 2.60. The molecule has 0 heterocycles. The Labute approximate surface area is 315 Å². The highest BCUT2D eigenvalue weighted by Crippen LogP contribution is 2.71. The highest BCUT2D eigenvalue weighted by atomic mass is 15.1. The Balaban J connectivity index is 0.977. The van der Waals surface area contributed by atoms with Crippen molar-refractivity contribution in [1.82, 2.24) is 0 Å². The van der Waals surface area contributed by atoms with Gasteiger partial charge in [-0.25, -0.2) is 0 Å². The normalized spacial score (nSPS) is 18.0. The fourth-order valence-corrected chi connectivity index (χ4v) is 10.5. The Bertz CT molecular complexity index is 2910. The molecule has 54 heavy (non-hydrogen) atoms. The molecule has 8 aromatic carbocycles. The van der Waals surface area contributed by atoms with Crippen LogP contribution >= 0.6 is 0 Å². The molecule has 252 valence electrons. The van der Waals surface area contributed by atoms with Gasteiger partial charge in [-0.15, -0.1) is 0 Å². The molecular formula is C53H35N. The quantitative estimate of drug-likeness (QED) is 0.174. The molecular weight excluding hydrogens is 651 g/mol. The van der Waals surface area contributed by atoms with Crippen molar-refractivity contribution >= 4 is 33.4 Å². The van der Waals surface area contributed by atoms with Crippen LogP contribution in [0.2, 0.25) is 0 Å². The molecule has 4 aliphatic carbocycles. The molecule has 0 aromatic heterocycles. The number of para-hydroxylation sites is 1. The van der Waals surface area contributed by atoms with E-state index in [0.717, 1.165) is 23.5 Å². The minimum absolute atomic E-state index is 0.211. The Morgan fingerprint density at radius 2 is 1.17 bits per heavy atom. The lowest BCUT2D eigenvalue weighted by Gasteiger charge is -2.30. The largest absolute Gasteiger partial charge is 0.310 e.